The van der Waals surface area contributed by atoms with Crippen LogP contribution < -0.4 is 5.32 Å². The molecular formula is C25H33F4N3O5. The van der Waals surface area contributed by atoms with Gasteiger partial charge in [0.2, 0.25) is 11.8 Å². The molecule has 0 bridgehead atoms. The monoisotopic (exact) mass is 531 g/mol. The zero-order valence-corrected chi connectivity index (χ0v) is 21.1. The predicted molar refractivity (Wildman–Crippen MR) is 126 cm³/mol. The maximum Gasteiger partial charge on any atom is 0.416 e. The molecule has 0 unspecified atom stereocenters. The molecule has 0 spiro atoms. The van der Waals surface area contributed by atoms with E-state index in [2.05, 4.69) is 5.32 Å². The minimum absolute atomic E-state index is 0.00160. The molecule has 0 radical (unpaired) electrons. The van der Waals surface area contributed by atoms with Crippen LogP contribution in [0.15, 0.2) is 18.2 Å². The number of piperidine rings is 1. The molecule has 12 heteroatoms. The second kappa shape index (κ2) is 11.2. The number of likely N-dealkylation sites (tertiary alicyclic amines) is 2. The molecule has 2 aliphatic rings. The van der Waals surface area contributed by atoms with Gasteiger partial charge in [0.15, 0.2) is 0 Å². The van der Waals surface area contributed by atoms with Crippen molar-refractivity contribution >= 4 is 23.6 Å². The second-order valence-electron chi connectivity index (χ2n) is 10.6. The van der Waals surface area contributed by atoms with Crippen molar-refractivity contribution in [2.24, 2.45) is 5.92 Å². The molecule has 2 saturated heterocycles. The van der Waals surface area contributed by atoms with E-state index in [0.717, 1.165) is 6.07 Å². The number of alkyl halides is 4. The van der Waals surface area contributed by atoms with E-state index in [-0.39, 0.29) is 42.5 Å². The average molecular weight is 532 g/mol. The van der Waals surface area contributed by atoms with Gasteiger partial charge >= 0.3 is 12.3 Å². The fourth-order valence-corrected chi connectivity index (χ4v) is 4.62. The Balaban J connectivity index is 1.54. The van der Waals surface area contributed by atoms with Gasteiger partial charge in [-0.2, -0.15) is 13.2 Å². The standard InChI is InChI=1S/C25H33F4N3O5/c1-24(2,3)37-23(36)32-14-19(33)12-20(32)22(35)31-6-4-15(5-7-31)10-21(34)30-18-9-16(13-26)8-17(11-18)25(27,28)29/h8-9,11,15,19-20,33H,4-7,10,12-14H2,1-3H3,(H,30,34)/t19-,20+/m1/s1. The van der Waals surface area contributed by atoms with Gasteiger partial charge in [0.1, 0.15) is 18.3 Å². The minimum atomic E-state index is -4.67. The van der Waals surface area contributed by atoms with Crippen LogP contribution in [0.1, 0.15) is 57.6 Å². The first kappa shape index (κ1) is 28.7. The normalized spacial score (nSPS) is 21.2. The quantitative estimate of drug-likeness (QED) is 0.558. The molecule has 37 heavy (non-hydrogen) atoms. The van der Waals surface area contributed by atoms with Crippen LogP contribution in [0.2, 0.25) is 0 Å². The summed E-state index contributed by atoms with van der Waals surface area (Å²) in [6, 6.07) is 1.80. The molecule has 2 fully saturated rings. The third-order valence-electron chi connectivity index (χ3n) is 6.35. The van der Waals surface area contributed by atoms with Gasteiger partial charge in [0.05, 0.1) is 18.2 Å². The van der Waals surface area contributed by atoms with Gasteiger partial charge in [-0.3, -0.25) is 14.5 Å². The average Bonchev–Trinajstić information content (AvgIpc) is 3.19. The number of aliphatic hydroxyl groups excluding tert-OH is 1. The Kier molecular flexibility index (Phi) is 8.71. The van der Waals surface area contributed by atoms with Crippen LogP contribution in [-0.4, -0.2) is 70.2 Å². The summed E-state index contributed by atoms with van der Waals surface area (Å²) in [5.41, 5.74) is -2.10. The Hall–Kier alpha value is -2.89. The SMILES string of the molecule is CC(C)(C)OC(=O)N1C[C@H](O)C[C@H]1C(=O)N1CCC(CC(=O)Nc2cc(CF)cc(C(F)(F)F)c2)CC1. The molecule has 0 saturated carbocycles. The van der Waals surface area contributed by atoms with E-state index in [0.29, 0.717) is 32.0 Å². The number of aliphatic hydroxyl groups is 1. The highest BCUT2D eigenvalue weighted by atomic mass is 19.4. The molecule has 2 heterocycles. The highest BCUT2D eigenvalue weighted by Crippen LogP contribution is 2.33. The van der Waals surface area contributed by atoms with Crippen molar-refractivity contribution < 1.29 is 41.8 Å². The van der Waals surface area contributed by atoms with Gasteiger partial charge in [-0.15, -0.1) is 0 Å². The molecule has 3 amide bonds. The largest absolute Gasteiger partial charge is 0.444 e. The van der Waals surface area contributed by atoms with Crippen molar-refractivity contribution in [1.82, 2.24) is 9.80 Å². The van der Waals surface area contributed by atoms with Crippen LogP contribution in [0.4, 0.5) is 28.0 Å². The summed E-state index contributed by atoms with van der Waals surface area (Å²) < 4.78 is 57.6. The minimum Gasteiger partial charge on any atom is -0.444 e. The summed E-state index contributed by atoms with van der Waals surface area (Å²) in [5, 5.41) is 12.5. The first-order chi connectivity index (χ1) is 17.2. The van der Waals surface area contributed by atoms with Crippen molar-refractivity contribution in [1.29, 1.82) is 0 Å². The molecule has 2 aliphatic heterocycles. The molecule has 0 aromatic heterocycles. The van der Waals surface area contributed by atoms with E-state index in [1.165, 1.54) is 11.0 Å². The Morgan fingerprint density at radius 1 is 1.11 bits per heavy atom. The Morgan fingerprint density at radius 2 is 1.76 bits per heavy atom. The number of anilines is 1. The number of hydrogen-bond acceptors (Lipinski definition) is 5. The number of carbonyl (C=O) groups is 3. The van der Waals surface area contributed by atoms with E-state index in [4.69, 9.17) is 4.74 Å². The van der Waals surface area contributed by atoms with Crippen molar-refractivity contribution in [3.63, 3.8) is 0 Å². The number of nitrogens with one attached hydrogen (secondary N) is 1. The molecule has 8 nitrogen and oxygen atoms in total. The maximum absolute atomic E-state index is 13.1. The molecule has 2 N–H and O–H groups in total. The molecule has 2 atom stereocenters. The van der Waals surface area contributed by atoms with Crippen LogP contribution in [0, 0.1) is 5.92 Å². The number of ether oxygens (including phenoxy) is 1. The van der Waals surface area contributed by atoms with Crippen LogP contribution in [0.25, 0.3) is 0 Å². The molecule has 1 aromatic carbocycles. The topological polar surface area (TPSA) is 99.2 Å². The van der Waals surface area contributed by atoms with Crippen molar-refractivity contribution in [3.8, 4) is 0 Å². The van der Waals surface area contributed by atoms with Gasteiger partial charge in [-0.05, 0) is 63.3 Å². The van der Waals surface area contributed by atoms with Crippen LogP contribution in [-0.2, 0) is 27.2 Å². The summed E-state index contributed by atoms with van der Waals surface area (Å²) in [4.78, 5) is 41.0. The van der Waals surface area contributed by atoms with Crippen molar-refractivity contribution in [2.75, 3.05) is 25.0 Å². The van der Waals surface area contributed by atoms with E-state index in [9.17, 15) is 37.1 Å². The van der Waals surface area contributed by atoms with Crippen molar-refractivity contribution in [3.05, 3.63) is 29.3 Å². The van der Waals surface area contributed by atoms with Gasteiger partial charge in [-0.25, -0.2) is 9.18 Å². The van der Waals surface area contributed by atoms with Gasteiger partial charge in [0, 0.05) is 31.6 Å². The summed E-state index contributed by atoms with van der Waals surface area (Å²) in [6.45, 7) is 4.71. The number of carbonyl (C=O) groups excluding carboxylic acids is 3. The highest BCUT2D eigenvalue weighted by molar-refractivity contribution is 5.91. The molecule has 206 valence electrons. The van der Waals surface area contributed by atoms with E-state index in [1.54, 1.807) is 25.7 Å². The van der Waals surface area contributed by atoms with E-state index in [1.807, 2.05) is 0 Å². The van der Waals surface area contributed by atoms with Crippen LogP contribution in [0.3, 0.4) is 0 Å². The Bertz CT molecular complexity index is 1000. The number of hydrogen-bond donors (Lipinski definition) is 2. The summed E-state index contributed by atoms with van der Waals surface area (Å²) in [5.74, 6) is -0.899. The predicted octanol–water partition coefficient (Wildman–Crippen LogP) is 4.11. The second-order valence-corrected chi connectivity index (χ2v) is 10.6. The first-order valence-electron chi connectivity index (χ1n) is 12.2. The number of benzene rings is 1. The Labute approximate surface area is 212 Å². The summed E-state index contributed by atoms with van der Waals surface area (Å²) in [6.07, 6.45) is -5.05. The number of halogens is 4. The molecule has 1 aromatic rings. The molecule has 3 rings (SSSR count). The number of nitrogens with zero attached hydrogens (tertiary/aromatic N) is 2. The fraction of sp³-hybridized carbons (Fsp3) is 0.640. The maximum atomic E-state index is 13.1. The zero-order valence-electron chi connectivity index (χ0n) is 21.1. The molecular weight excluding hydrogens is 498 g/mol. The first-order valence-corrected chi connectivity index (χ1v) is 12.2. The van der Waals surface area contributed by atoms with E-state index < -0.39 is 48.2 Å². The van der Waals surface area contributed by atoms with Gasteiger partial charge in [-0.1, -0.05) is 0 Å². The van der Waals surface area contributed by atoms with Crippen molar-refractivity contribution in [2.45, 2.75) is 77.1 Å². The molecule has 0 aliphatic carbocycles. The zero-order chi connectivity index (χ0) is 27.5. The third-order valence-corrected chi connectivity index (χ3v) is 6.35. The van der Waals surface area contributed by atoms with Gasteiger partial charge in [0.25, 0.3) is 0 Å². The lowest BCUT2D eigenvalue weighted by molar-refractivity contribution is -0.138. The smallest absolute Gasteiger partial charge is 0.416 e. The van der Waals surface area contributed by atoms with Gasteiger partial charge < -0.3 is 20.1 Å². The summed E-state index contributed by atoms with van der Waals surface area (Å²) >= 11 is 0. The van der Waals surface area contributed by atoms with Crippen LogP contribution in [0.5, 0.6) is 0 Å². The lowest BCUT2D eigenvalue weighted by Crippen LogP contribution is -2.51. The number of β-amino-alcohol motifs (C(OH)–C–C–N with tert-alkyl or cyclic N) is 1. The van der Waals surface area contributed by atoms with E-state index >= 15 is 0 Å². The summed E-state index contributed by atoms with van der Waals surface area (Å²) in [7, 11) is 0. The highest BCUT2D eigenvalue weighted by Gasteiger charge is 2.43. The Morgan fingerprint density at radius 3 is 2.32 bits per heavy atom. The fourth-order valence-electron chi connectivity index (χ4n) is 4.62. The third kappa shape index (κ3) is 7.80. The lowest BCUT2D eigenvalue weighted by atomic mass is 9.92. The lowest BCUT2D eigenvalue weighted by Gasteiger charge is -2.35. The van der Waals surface area contributed by atoms with Crippen LogP contribution >= 0.6 is 0 Å². The number of amides is 3. The number of rotatable bonds is 5.